The molecule has 2 aromatic rings. The van der Waals surface area contributed by atoms with E-state index in [0.29, 0.717) is 11.8 Å². The second-order valence-corrected chi connectivity index (χ2v) is 4.16. The van der Waals surface area contributed by atoms with Crippen molar-refractivity contribution in [3.63, 3.8) is 0 Å². The summed E-state index contributed by atoms with van der Waals surface area (Å²) < 4.78 is 9.76. The predicted molar refractivity (Wildman–Crippen MR) is 74.6 cm³/mol. The van der Waals surface area contributed by atoms with Gasteiger partial charge in [-0.05, 0) is 30.3 Å². The zero-order chi connectivity index (χ0) is 15.2. The van der Waals surface area contributed by atoms with Crippen LogP contribution in [0.2, 0.25) is 0 Å². The van der Waals surface area contributed by atoms with E-state index in [2.05, 4.69) is 4.74 Å². The van der Waals surface area contributed by atoms with E-state index < -0.39 is 11.9 Å². The standard InChI is InChI=1S/C16H12O5/c1-20-15(18)13-7-11(10-17)8-14(9-13)21-16(19)12-5-3-2-4-6-12/h2-10H,1H3. The van der Waals surface area contributed by atoms with Gasteiger partial charge in [-0.2, -0.15) is 0 Å². The van der Waals surface area contributed by atoms with Crippen molar-refractivity contribution in [2.75, 3.05) is 7.11 Å². The Bertz CT molecular complexity index is 676. The molecular weight excluding hydrogens is 272 g/mol. The zero-order valence-electron chi connectivity index (χ0n) is 11.2. The van der Waals surface area contributed by atoms with Crippen LogP contribution in [0.25, 0.3) is 0 Å². The van der Waals surface area contributed by atoms with Gasteiger partial charge in [0, 0.05) is 5.56 Å². The van der Waals surface area contributed by atoms with Crippen LogP contribution in [0.4, 0.5) is 0 Å². The molecule has 0 spiro atoms. The lowest BCUT2D eigenvalue weighted by Crippen LogP contribution is -2.10. The Morgan fingerprint density at radius 2 is 1.67 bits per heavy atom. The van der Waals surface area contributed by atoms with Crippen molar-refractivity contribution in [3.05, 3.63) is 65.2 Å². The van der Waals surface area contributed by atoms with Gasteiger partial charge in [0.15, 0.2) is 0 Å². The smallest absolute Gasteiger partial charge is 0.343 e. The topological polar surface area (TPSA) is 69.7 Å². The fourth-order valence-corrected chi connectivity index (χ4v) is 1.72. The van der Waals surface area contributed by atoms with E-state index in [9.17, 15) is 14.4 Å². The van der Waals surface area contributed by atoms with Crippen molar-refractivity contribution >= 4 is 18.2 Å². The molecule has 0 amide bonds. The summed E-state index contributed by atoms with van der Waals surface area (Å²) in [4.78, 5) is 34.3. The lowest BCUT2D eigenvalue weighted by atomic mass is 10.1. The molecule has 0 saturated heterocycles. The van der Waals surface area contributed by atoms with Gasteiger partial charge < -0.3 is 9.47 Å². The van der Waals surface area contributed by atoms with E-state index in [-0.39, 0.29) is 16.9 Å². The zero-order valence-corrected chi connectivity index (χ0v) is 11.2. The number of hydrogen-bond acceptors (Lipinski definition) is 5. The molecule has 0 aliphatic heterocycles. The van der Waals surface area contributed by atoms with Crippen molar-refractivity contribution in [3.8, 4) is 5.75 Å². The van der Waals surface area contributed by atoms with Crippen LogP contribution in [0.5, 0.6) is 5.75 Å². The molecule has 106 valence electrons. The third-order valence-electron chi connectivity index (χ3n) is 2.71. The van der Waals surface area contributed by atoms with E-state index in [4.69, 9.17) is 4.74 Å². The molecule has 0 bridgehead atoms. The summed E-state index contributed by atoms with van der Waals surface area (Å²) in [6.45, 7) is 0. The number of ether oxygens (including phenoxy) is 2. The molecule has 0 unspecified atom stereocenters. The minimum atomic E-state index is -0.615. The molecule has 0 aliphatic rings. The molecule has 5 heteroatoms. The Balaban J connectivity index is 2.29. The highest BCUT2D eigenvalue weighted by atomic mass is 16.5. The molecule has 5 nitrogen and oxygen atoms in total. The second kappa shape index (κ2) is 6.47. The minimum absolute atomic E-state index is 0.105. The van der Waals surface area contributed by atoms with Gasteiger partial charge in [-0.15, -0.1) is 0 Å². The third-order valence-corrected chi connectivity index (χ3v) is 2.71. The highest BCUT2D eigenvalue weighted by Gasteiger charge is 2.13. The van der Waals surface area contributed by atoms with Crippen LogP contribution in [-0.4, -0.2) is 25.3 Å². The average Bonchev–Trinajstić information content (AvgIpc) is 2.54. The van der Waals surface area contributed by atoms with Gasteiger partial charge in [0.25, 0.3) is 0 Å². The molecule has 0 atom stereocenters. The van der Waals surface area contributed by atoms with Gasteiger partial charge >= 0.3 is 11.9 Å². The minimum Gasteiger partial charge on any atom is -0.465 e. The van der Waals surface area contributed by atoms with Gasteiger partial charge in [0.05, 0.1) is 18.2 Å². The Hall–Kier alpha value is -2.95. The SMILES string of the molecule is COC(=O)c1cc(C=O)cc(OC(=O)c2ccccc2)c1. The van der Waals surface area contributed by atoms with E-state index in [1.807, 2.05) is 0 Å². The maximum atomic E-state index is 11.9. The normalized spacial score (nSPS) is 9.76. The van der Waals surface area contributed by atoms with Crippen LogP contribution in [0.15, 0.2) is 48.5 Å². The van der Waals surface area contributed by atoms with Crippen molar-refractivity contribution in [2.24, 2.45) is 0 Å². The molecule has 21 heavy (non-hydrogen) atoms. The summed E-state index contributed by atoms with van der Waals surface area (Å²) in [6.07, 6.45) is 0.562. The van der Waals surface area contributed by atoms with E-state index in [1.165, 1.54) is 25.3 Å². The number of hydrogen-bond donors (Lipinski definition) is 0. The maximum absolute atomic E-state index is 11.9. The second-order valence-electron chi connectivity index (χ2n) is 4.16. The first-order chi connectivity index (χ1) is 10.1. The Kier molecular flexibility index (Phi) is 4.46. The molecule has 0 aliphatic carbocycles. The van der Waals surface area contributed by atoms with Gasteiger partial charge in [-0.25, -0.2) is 9.59 Å². The fraction of sp³-hybridized carbons (Fsp3) is 0.0625. The van der Waals surface area contributed by atoms with Crippen LogP contribution in [0, 0.1) is 0 Å². The summed E-state index contributed by atoms with van der Waals surface area (Å²) in [5.74, 6) is -1.08. The molecule has 0 aromatic heterocycles. The first-order valence-corrected chi connectivity index (χ1v) is 6.10. The Morgan fingerprint density at radius 3 is 2.29 bits per heavy atom. The number of carbonyl (C=O) groups is 3. The summed E-state index contributed by atoms with van der Waals surface area (Å²) >= 11 is 0. The summed E-state index contributed by atoms with van der Waals surface area (Å²) in [5.41, 5.74) is 0.723. The average molecular weight is 284 g/mol. The Labute approximate surface area is 121 Å². The number of aldehydes is 1. The lowest BCUT2D eigenvalue weighted by molar-refractivity contribution is 0.0597. The molecule has 0 N–H and O–H groups in total. The van der Waals surface area contributed by atoms with Gasteiger partial charge in [-0.3, -0.25) is 4.79 Å². The summed E-state index contributed by atoms with van der Waals surface area (Å²) in [5, 5.41) is 0. The van der Waals surface area contributed by atoms with E-state index >= 15 is 0 Å². The van der Waals surface area contributed by atoms with Gasteiger partial charge in [0.2, 0.25) is 0 Å². The highest BCUT2D eigenvalue weighted by molar-refractivity contribution is 5.94. The largest absolute Gasteiger partial charge is 0.465 e. The van der Waals surface area contributed by atoms with Crippen LogP contribution in [-0.2, 0) is 4.74 Å². The molecular formula is C16H12O5. The molecule has 0 heterocycles. The van der Waals surface area contributed by atoms with Crippen molar-refractivity contribution < 1.29 is 23.9 Å². The van der Waals surface area contributed by atoms with Crippen LogP contribution < -0.4 is 4.74 Å². The number of methoxy groups -OCH3 is 1. The number of carbonyl (C=O) groups excluding carboxylic acids is 3. The molecule has 0 saturated carbocycles. The van der Waals surface area contributed by atoms with Crippen molar-refractivity contribution in [1.82, 2.24) is 0 Å². The highest BCUT2D eigenvalue weighted by Crippen LogP contribution is 2.18. The van der Waals surface area contributed by atoms with Crippen molar-refractivity contribution in [2.45, 2.75) is 0 Å². The number of benzene rings is 2. The molecule has 2 rings (SSSR count). The first kappa shape index (κ1) is 14.5. The first-order valence-electron chi connectivity index (χ1n) is 6.10. The Morgan fingerprint density at radius 1 is 0.952 bits per heavy atom. The number of rotatable bonds is 4. The maximum Gasteiger partial charge on any atom is 0.343 e. The van der Waals surface area contributed by atoms with Crippen LogP contribution in [0.3, 0.4) is 0 Å². The van der Waals surface area contributed by atoms with Gasteiger partial charge in [0.1, 0.15) is 12.0 Å². The van der Waals surface area contributed by atoms with Crippen LogP contribution in [0.1, 0.15) is 31.1 Å². The third kappa shape index (κ3) is 3.54. The van der Waals surface area contributed by atoms with Crippen LogP contribution >= 0.6 is 0 Å². The predicted octanol–water partition coefficient (Wildman–Crippen LogP) is 2.50. The fourth-order valence-electron chi connectivity index (χ4n) is 1.72. The molecule has 0 fully saturated rings. The van der Waals surface area contributed by atoms with E-state index in [0.717, 1.165) is 0 Å². The van der Waals surface area contributed by atoms with Gasteiger partial charge in [-0.1, -0.05) is 18.2 Å². The van der Waals surface area contributed by atoms with Crippen molar-refractivity contribution in [1.29, 1.82) is 0 Å². The molecule has 2 aromatic carbocycles. The number of esters is 2. The monoisotopic (exact) mass is 284 g/mol. The molecule has 0 radical (unpaired) electrons. The summed E-state index contributed by atoms with van der Waals surface area (Å²) in [6, 6.07) is 12.5. The van der Waals surface area contributed by atoms with E-state index in [1.54, 1.807) is 30.3 Å². The summed E-state index contributed by atoms with van der Waals surface area (Å²) in [7, 11) is 1.23. The quantitative estimate of drug-likeness (QED) is 0.490. The lowest BCUT2D eigenvalue weighted by Gasteiger charge is -2.07.